The second-order valence-electron chi connectivity index (χ2n) is 6.23. The van der Waals surface area contributed by atoms with Gasteiger partial charge in [0.05, 0.1) is 22.4 Å². The molecule has 0 spiro atoms. The van der Waals surface area contributed by atoms with Crippen LogP contribution >= 0.6 is 36.2 Å². The number of nitrogens with two attached hydrogens (primary N) is 1. The summed E-state index contributed by atoms with van der Waals surface area (Å²) in [6.45, 7) is 2.00. The minimum Gasteiger partial charge on any atom is -0.383 e. The van der Waals surface area contributed by atoms with Gasteiger partial charge in [0, 0.05) is 31.7 Å². The van der Waals surface area contributed by atoms with Gasteiger partial charge in [-0.15, -0.1) is 36.2 Å². The Morgan fingerprint density at radius 2 is 1.93 bits per heavy atom. The number of halogens is 2. The Morgan fingerprint density at radius 3 is 2.68 bits per heavy atom. The number of aromatic nitrogens is 3. The molecule has 0 fully saturated rings. The van der Waals surface area contributed by atoms with Gasteiger partial charge in [-0.25, -0.2) is 9.98 Å². The van der Waals surface area contributed by atoms with E-state index in [1.165, 1.54) is 10.9 Å². The summed E-state index contributed by atoms with van der Waals surface area (Å²) in [5.74, 6) is 0.567. The molecule has 2 N–H and O–H groups in total. The summed E-state index contributed by atoms with van der Waals surface area (Å²) in [6, 6.07) is 12.4. The van der Waals surface area contributed by atoms with Gasteiger partial charge in [0.25, 0.3) is 0 Å². The maximum Gasteiger partial charge on any atom is 0.141 e. The SMILES string of the molecule is Cl.Cl.NC(=Nc1ccc2ccn(CCCCn3ccnc3)c2c1)c1cccs1. The number of hydrogen-bond donors (Lipinski definition) is 1. The standard InChI is InChI=1S/C20H21N5S.2ClH/c21-20(19-4-3-13-26-19)23-17-6-5-16-7-11-25(18(16)14-17)10-2-1-9-24-12-8-22-15-24;;/h3-8,11-15H,1-2,9-10H2,(H2,21,23);2*1H. The van der Waals surface area contributed by atoms with Crippen molar-refractivity contribution in [2.45, 2.75) is 25.9 Å². The topological polar surface area (TPSA) is 61.1 Å². The Kier molecular flexibility index (Phi) is 8.11. The first-order chi connectivity index (χ1) is 12.8. The molecule has 0 unspecified atom stereocenters. The minimum absolute atomic E-state index is 0. The third-order valence-corrected chi connectivity index (χ3v) is 5.30. The lowest BCUT2D eigenvalue weighted by molar-refractivity contribution is 0.560. The van der Waals surface area contributed by atoms with Gasteiger partial charge < -0.3 is 14.9 Å². The third-order valence-electron chi connectivity index (χ3n) is 4.41. The number of nitrogens with zero attached hydrogens (tertiary/aromatic N) is 4. The molecular formula is C20H23Cl2N5S. The quantitative estimate of drug-likeness (QED) is 0.244. The number of unbranched alkanes of at least 4 members (excludes halogenated alkanes) is 1. The number of hydrogen-bond acceptors (Lipinski definition) is 3. The van der Waals surface area contributed by atoms with Crippen LogP contribution < -0.4 is 5.73 Å². The van der Waals surface area contributed by atoms with E-state index in [1.807, 2.05) is 42.3 Å². The first kappa shape index (κ1) is 22.0. The van der Waals surface area contributed by atoms with Crippen molar-refractivity contribution < 1.29 is 0 Å². The number of aryl methyl sites for hydroxylation is 2. The summed E-state index contributed by atoms with van der Waals surface area (Å²) in [7, 11) is 0. The van der Waals surface area contributed by atoms with Gasteiger partial charge in [0.2, 0.25) is 0 Å². The first-order valence-electron chi connectivity index (χ1n) is 8.72. The monoisotopic (exact) mass is 435 g/mol. The van der Waals surface area contributed by atoms with Crippen molar-refractivity contribution >= 4 is 58.6 Å². The van der Waals surface area contributed by atoms with Crippen LogP contribution in [0.15, 0.2) is 71.7 Å². The average molecular weight is 436 g/mol. The predicted molar refractivity (Wildman–Crippen MR) is 123 cm³/mol. The molecule has 0 aliphatic heterocycles. The van der Waals surface area contributed by atoms with Crippen LogP contribution in [0.3, 0.4) is 0 Å². The van der Waals surface area contributed by atoms with Crippen molar-refractivity contribution in [2.24, 2.45) is 10.7 Å². The Bertz CT molecular complexity index is 1010. The molecule has 1 aromatic carbocycles. The summed E-state index contributed by atoms with van der Waals surface area (Å²) in [5.41, 5.74) is 8.21. The maximum atomic E-state index is 6.12. The van der Waals surface area contributed by atoms with E-state index in [0.29, 0.717) is 5.84 Å². The molecule has 8 heteroatoms. The highest BCUT2D eigenvalue weighted by molar-refractivity contribution is 7.12. The van der Waals surface area contributed by atoms with Gasteiger partial charge >= 0.3 is 0 Å². The molecule has 0 radical (unpaired) electrons. The Morgan fingerprint density at radius 1 is 1.07 bits per heavy atom. The van der Waals surface area contributed by atoms with Crippen LogP contribution in [0.5, 0.6) is 0 Å². The second-order valence-corrected chi connectivity index (χ2v) is 7.18. The van der Waals surface area contributed by atoms with E-state index < -0.39 is 0 Å². The lowest BCUT2D eigenvalue weighted by atomic mass is 10.2. The van der Waals surface area contributed by atoms with Gasteiger partial charge in [-0.3, -0.25) is 0 Å². The number of fused-ring (bicyclic) bond motifs is 1. The molecule has 3 aromatic heterocycles. The van der Waals surface area contributed by atoms with Crippen molar-refractivity contribution in [3.63, 3.8) is 0 Å². The van der Waals surface area contributed by atoms with Crippen molar-refractivity contribution in [3.05, 3.63) is 71.6 Å². The third kappa shape index (κ3) is 5.16. The summed E-state index contributed by atoms with van der Waals surface area (Å²) < 4.78 is 4.41. The first-order valence-corrected chi connectivity index (χ1v) is 9.60. The highest BCUT2D eigenvalue weighted by Crippen LogP contribution is 2.24. The van der Waals surface area contributed by atoms with Crippen molar-refractivity contribution in [2.75, 3.05) is 0 Å². The lowest BCUT2D eigenvalue weighted by Gasteiger charge is -2.07. The number of thiophene rings is 1. The highest BCUT2D eigenvalue weighted by atomic mass is 35.5. The van der Waals surface area contributed by atoms with Crippen LogP contribution in [0.4, 0.5) is 5.69 Å². The molecule has 0 aliphatic rings. The summed E-state index contributed by atoms with van der Waals surface area (Å²) in [4.78, 5) is 9.66. The van der Waals surface area contributed by atoms with Crippen molar-refractivity contribution in [3.8, 4) is 0 Å². The Hall–Kier alpha value is -2.28. The van der Waals surface area contributed by atoms with Gasteiger partial charge in [-0.2, -0.15) is 0 Å². The molecule has 0 saturated carbocycles. The van der Waals surface area contributed by atoms with Crippen LogP contribution in [0, 0.1) is 0 Å². The molecule has 0 atom stereocenters. The second kappa shape index (κ2) is 10.3. The summed E-state index contributed by atoms with van der Waals surface area (Å²) >= 11 is 1.60. The molecule has 3 heterocycles. The number of rotatable bonds is 7. The number of benzene rings is 1. The van der Waals surface area contributed by atoms with Crippen LogP contribution in [0.1, 0.15) is 17.7 Å². The zero-order valence-corrected chi connectivity index (χ0v) is 17.7. The smallest absolute Gasteiger partial charge is 0.141 e. The van der Waals surface area contributed by atoms with Crippen molar-refractivity contribution in [1.82, 2.24) is 14.1 Å². The molecule has 0 bridgehead atoms. The molecule has 0 amide bonds. The van der Waals surface area contributed by atoms with E-state index in [-0.39, 0.29) is 24.8 Å². The van der Waals surface area contributed by atoms with Crippen LogP contribution in [0.25, 0.3) is 10.9 Å². The van der Waals surface area contributed by atoms with E-state index in [1.54, 1.807) is 11.3 Å². The molecule has 0 aliphatic carbocycles. The molecule has 28 heavy (non-hydrogen) atoms. The number of imidazole rings is 1. The van der Waals surface area contributed by atoms with E-state index >= 15 is 0 Å². The van der Waals surface area contributed by atoms with Crippen LogP contribution in [-0.4, -0.2) is 20.0 Å². The highest BCUT2D eigenvalue weighted by Gasteiger charge is 2.04. The van der Waals surface area contributed by atoms with Gasteiger partial charge in [0.15, 0.2) is 0 Å². The number of amidine groups is 1. The van der Waals surface area contributed by atoms with Crippen molar-refractivity contribution in [1.29, 1.82) is 0 Å². The van der Waals surface area contributed by atoms with Crippen LogP contribution in [-0.2, 0) is 13.1 Å². The molecular weight excluding hydrogens is 413 g/mol. The number of aliphatic imine (C=N–C) groups is 1. The lowest BCUT2D eigenvalue weighted by Crippen LogP contribution is -2.10. The van der Waals surface area contributed by atoms with E-state index in [9.17, 15) is 0 Å². The fourth-order valence-corrected chi connectivity index (χ4v) is 3.68. The Balaban J connectivity index is 0.00000140. The molecule has 4 rings (SSSR count). The average Bonchev–Trinajstić information content (AvgIpc) is 3.40. The minimum atomic E-state index is 0. The van der Waals surface area contributed by atoms with E-state index in [4.69, 9.17) is 5.73 Å². The fraction of sp³-hybridized carbons (Fsp3) is 0.200. The maximum absolute atomic E-state index is 6.12. The van der Waals surface area contributed by atoms with E-state index in [0.717, 1.165) is 36.5 Å². The zero-order chi connectivity index (χ0) is 17.8. The van der Waals surface area contributed by atoms with Gasteiger partial charge in [-0.1, -0.05) is 12.1 Å². The molecule has 5 nitrogen and oxygen atoms in total. The zero-order valence-electron chi connectivity index (χ0n) is 15.3. The Labute approximate surface area is 180 Å². The summed E-state index contributed by atoms with van der Waals surface area (Å²) in [6.07, 6.45) is 10.1. The fourth-order valence-electron chi connectivity index (χ4n) is 3.05. The molecule has 148 valence electrons. The largest absolute Gasteiger partial charge is 0.383 e. The van der Waals surface area contributed by atoms with E-state index in [2.05, 4.69) is 43.5 Å². The summed E-state index contributed by atoms with van der Waals surface area (Å²) in [5, 5.41) is 3.24. The van der Waals surface area contributed by atoms with Gasteiger partial charge in [-0.05, 0) is 47.9 Å². The van der Waals surface area contributed by atoms with Crippen LogP contribution in [0.2, 0.25) is 0 Å². The predicted octanol–water partition coefficient (Wildman–Crippen LogP) is 5.26. The molecule has 0 saturated heterocycles. The normalized spacial score (nSPS) is 11.2. The molecule has 4 aromatic rings. The van der Waals surface area contributed by atoms with Gasteiger partial charge in [0.1, 0.15) is 5.84 Å².